The van der Waals surface area contributed by atoms with Gasteiger partial charge in [-0.3, -0.25) is 0 Å². The van der Waals surface area contributed by atoms with Crippen molar-refractivity contribution in [3.63, 3.8) is 0 Å². The summed E-state index contributed by atoms with van der Waals surface area (Å²) in [4.78, 5) is 3.31. The monoisotopic (exact) mass is 302 g/mol. The van der Waals surface area contributed by atoms with E-state index < -0.39 is 18.3 Å². The smallest absolute Gasteiger partial charge is 0.380 e. The van der Waals surface area contributed by atoms with Gasteiger partial charge in [-0.05, 0) is 17.7 Å². The van der Waals surface area contributed by atoms with Crippen LogP contribution in [0.3, 0.4) is 0 Å². The number of hydrogen-bond acceptors (Lipinski definition) is 2. The molecule has 0 amide bonds. The minimum absolute atomic E-state index is 0.0741. The van der Waals surface area contributed by atoms with E-state index in [4.69, 9.17) is 0 Å². The Hall–Kier alpha value is -2.18. The first-order valence-electron chi connectivity index (χ1n) is 6.00. The molecule has 2 rings (SSSR count). The minimum Gasteiger partial charge on any atom is -0.380 e. The minimum atomic E-state index is -4.47. The van der Waals surface area contributed by atoms with Crippen LogP contribution in [-0.2, 0) is 12.7 Å². The van der Waals surface area contributed by atoms with Crippen molar-refractivity contribution in [2.45, 2.75) is 19.1 Å². The van der Waals surface area contributed by atoms with Crippen LogP contribution in [0.5, 0.6) is 0 Å². The fraction of sp³-hybridized carbons (Fsp3) is 0.214. The van der Waals surface area contributed by atoms with E-state index in [2.05, 4.69) is 10.3 Å². The highest BCUT2D eigenvalue weighted by Crippen LogP contribution is 2.27. The zero-order valence-electron chi connectivity index (χ0n) is 10.7. The van der Waals surface area contributed by atoms with Crippen LogP contribution in [0.15, 0.2) is 42.6 Å². The molecule has 1 N–H and O–H groups in total. The molecule has 1 aromatic heterocycles. The van der Waals surface area contributed by atoms with Crippen LogP contribution < -0.4 is 5.32 Å². The number of rotatable bonds is 4. The predicted octanol–water partition coefficient (Wildman–Crippen LogP) is 4.65. The topological polar surface area (TPSA) is 24.9 Å². The Balaban J connectivity index is 1.96. The van der Waals surface area contributed by atoms with E-state index in [1.165, 1.54) is 30.3 Å². The van der Waals surface area contributed by atoms with E-state index in [-0.39, 0.29) is 5.56 Å². The summed E-state index contributed by atoms with van der Waals surface area (Å²) in [5.74, 6) is 0. The number of halogens is 5. The van der Waals surface area contributed by atoms with Crippen molar-refractivity contribution in [2.24, 2.45) is 0 Å². The van der Waals surface area contributed by atoms with E-state index in [1.54, 1.807) is 0 Å². The lowest BCUT2D eigenvalue weighted by molar-refractivity contribution is -0.141. The Morgan fingerprint density at radius 1 is 1.00 bits per heavy atom. The zero-order chi connectivity index (χ0) is 15.5. The molecule has 0 unspecified atom stereocenters. The van der Waals surface area contributed by atoms with E-state index in [1.807, 2.05) is 0 Å². The molecule has 0 bridgehead atoms. The van der Waals surface area contributed by atoms with Crippen LogP contribution in [0.4, 0.5) is 27.6 Å². The normalized spacial score (nSPS) is 11.7. The average molecular weight is 302 g/mol. The van der Waals surface area contributed by atoms with Gasteiger partial charge in [0.2, 0.25) is 0 Å². The summed E-state index contributed by atoms with van der Waals surface area (Å²) in [7, 11) is 0. The molecular weight excluding hydrogens is 291 g/mol. The standard InChI is InChI=1S/C14H11F5N2/c15-13(16)10-3-1-9(2-4-10)7-20-11-5-6-12(21-8-11)14(17,18)19/h1-6,8,13,20H,7H2. The van der Waals surface area contributed by atoms with E-state index in [9.17, 15) is 22.0 Å². The van der Waals surface area contributed by atoms with Gasteiger partial charge in [-0.1, -0.05) is 24.3 Å². The maximum absolute atomic E-state index is 12.4. The van der Waals surface area contributed by atoms with Gasteiger partial charge < -0.3 is 5.32 Å². The summed E-state index contributed by atoms with van der Waals surface area (Å²) in [6.45, 7) is 0.302. The van der Waals surface area contributed by atoms with Gasteiger partial charge in [-0.2, -0.15) is 13.2 Å². The van der Waals surface area contributed by atoms with E-state index >= 15 is 0 Å². The van der Waals surface area contributed by atoms with Crippen molar-refractivity contribution in [2.75, 3.05) is 5.32 Å². The number of hydrogen-bond donors (Lipinski definition) is 1. The molecule has 0 saturated carbocycles. The van der Waals surface area contributed by atoms with Gasteiger partial charge in [0.15, 0.2) is 0 Å². The predicted molar refractivity (Wildman–Crippen MR) is 68.0 cm³/mol. The first-order chi connectivity index (χ1) is 9.86. The van der Waals surface area contributed by atoms with Crippen LogP contribution in [-0.4, -0.2) is 4.98 Å². The second-order valence-corrected chi connectivity index (χ2v) is 4.33. The second-order valence-electron chi connectivity index (χ2n) is 4.33. The lowest BCUT2D eigenvalue weighted by Crippen LogP contribution is -2.08. The largest absolute Gasteiger partial charge is 0.433 e. The molecule has 0 spiro atoms. The lowest BCUT2D eigenvalue weighted by Gasteiger charge is -2.09. The Labute approximate surface area is 117 Å². The first-order valence-corrected chi connectivity index (χ1v) is 6.00. The summed E-state index contributed by atoms with van der Waals surface area (Å²) in [6, 6.07) is 7.84. The Bertz CT molecular complexity index is 576. The van der Waals surface area contributed by atoms with Gasteiger partial charge in [0.25, 0.3) is 6.43 Å². The number of nitrogens with zero attached hydrogens (tertiary/aromatic N) is 1. The van der Waals surface area contributed by atoms with Gasteiger partial charge >= 0.3 is 6.18 Å². The van der Waals surface area contributed by atoms with Crippen LogP contribution >= 0.6 is 0 Å². The quantitative estimate of drug-likeness (QED) is 0.832. The fourth-order valence-electron chi connectivity index (χ4n) is 1.65. The van der Waals surface area contributed by atoms with Crippen LogP contribution in [0.2, 0.25) is 0 Å². The zero-order valence-corrected chi connectivity index (χ0v) is 10.7. The highest BCUT2D eigenvalue weighted by molar-refractivity contribution is 5.42. The molecule has 7 heteroatoms. The van der Waals surface area contributed by atoms with Crippen LogP contribution in [0.25, 0.3) is 0 Å². The first kappa shape index (κ1) is 15.2. The maximum Gasteiger partial charge on any atom is 0.433 e. The van der Waals surface area contributed by atoms with Gasteiger partial charge in [0.05, 0.1) is 11.9 Å². The summed E-state index contributed by atoms with van der Waals surface area (Å²) < 4.78 is 61.7. The number of anilines is 1. The third-order valence-electron chi connectivity index (χ3n) is 2.78. The highest BCUT2D eigenvalue weighted by Gasteiger charge is 2.31. The number of pyridine rings is 1. The molecule has 21 heavy (non-hydrogen) atoms. The van der Waals surface area contributed by atoms with Crippen molar-refractivity contribution in [1.29, 1.82) is 0 Å². The molecule has 0 fully saturated rings. The molecule has 0 saturated heterocycles. The molecule has 0 aliphatic carbocycles. The third-order valence-corrected chi connectivity index (χ3v) is 2.78. The average Bonchev–Trinajstić information content (AvgIpc) is 2.45. The summed E-state index contributed by atoms with van der Waals surface area (Å²) >= 11 is 0. The van der Waals surface area contributed by atoms with Gasteiger partial charge in [-0.15, -0.1) is 0 Å². The third kappa shape index (κ3) is 4.14. The SMILES string of the molecule is FC(F)c1ccc(CNc2ccc(C(F)(F)F)nc2)cc1. The van der Waals surface area contributed by atoms with Gasteiger partial charge in [0.1, 0.15) is 5.69 Å². The molecule has 2 aromatic rings. The molecule has 2 nitrogen and oxygen atoms in total. The Morgan fingerprint density at radius 2 is 1.67 bits per heavy atom. The Morgan fingerprint density at radius 3 is 2.14 bits per heavy atom. The number of aromatic nitrogens is 1. The molecule has 1 aromatic carbocycles. The number of nitrogens with one attached hydrogen (secondary N) is 1. The second kappa shape index (κ2) is 6.07. The number of alkyl halides is 5. The van der Waals surface area contributed by atoms with Crippen LogP contribution in [0, 0.1) is 0 Å². The van der Waals surface area contributed by atoms with Crippen molar-refractivity contribution in [3.8, 4) is 0 Å². The molecule has 0 aliphatic heterocycles. The maximum atomic E-state index is 12.4. The summed E-state index contributed by atoms with van der Waals surface area (Å²) in [5, 5.41) is 2.87. The van der Waals surface area contributed by atoms with Gasteiger partial charge in [-0.25, -0.2) is 13.8 Å². The van der Waals surface area contributed by atoms with E-state index in [0.717, 1.165) is 17.8 Å². The highest BCUT2D eigenvalue weighted by atomic mass is 19.4. The molecule has 0 radical (unpaired) electrons. The van der Waals surface area contributed by atoms with Crippen LogP contribution in [0.1, 0.15) is 23.2 Å². The van der Waals surface area contributed by atoms with E-state index in [0.29, 0.717) is 12.2 Å². The molecule has 0 aliphatic rings. The fourth-order valence-corrected chi connectivity index (χ4v) is 1.65. The van der Waals surface area contributed by atoms with Crippen molar-refractivity contribution < 1.29 is 22.0 Å². The summed E-state index contributed by atoms with van der Waals surface area (Å²) in [5.41, 5.74) is 0.115. The van der Waals surface area contributed by atoms with Crippen molar-refractivity contribution in [1.82, 2.24) is 4.98 Å². The van der Waals surface area contributed by atoms with Gasteiger partial charge in [0, 0.05) is 12.1 Å². The molecule has 1 heterocycles. The molecular formula is C14H11F5N2. The number of benzene rings is 1. The van der Waals surface area contributed by atoms with Crippen molar-refractivity contribution >= 4 is 5.69 Å². The van der Waals surface area contributed by atoms with Crippen molar-refractivity contribution in [3.05, 3.63) is 59.4 Å². The summed E-state index contributed by atoms with van der Waals surface area (Å²) in [6.07, 6.45) is -5.91. The molecule has 0 atom stereocenters. The Kier molecular flexibility index (Phi) is 4.40. The lowest BCUT2D eigenvalue weighted by atomic mass is 10.1. The molecule has 112 valence electrons.